The molecule has 90 valence electrons. The Balaban J connectivity index is 3.10. The van der Waals surface area contributed by atoms with Gasteiger partial charge in [0.15, 0.2) is 0 Å². The largest absolute Gasteiger partial charge is 0.390 e. The van der Waals surface area contributed by atoms with Crippen LogP contribution in [-0.2, 0) is 23.4 Å². The lowest BCUT2D eigenvalue weighted by atomic mass is 9.90. The molecule has 0 saturated heterocycles. The number of hydrogen-bond donors (Lipinski definition) is 2. The lowest BCUT2D eigenvalue weighted by Gasteiger charge is -2.20. The number of aliphatic hydroxyl groups excluding tert-OH is 1. The fraction of sp³-hybridized carbons (Fsp3) is 0.700. The lowest BCUT2D eigenvalue weighted by molar-refractivity contribution is -0.121. The third-order valence-electron chi connectivity index (χ3n) is 2.24. The summed E-state index contributed by atoms with van der Waals surface area (Å²) < 4.78 is 1.53. The minimum absolute atomic E-state index is 0.121. The van der Waals surface area contributed by atoms with Gasteiger partial charge in [0.2, 0.25) is 5.91 Å². The summed E-state index contributed by atoms with van der Waals surface area (Å²) in [5.74, 6) is -0.139. The molecule has 1 amide bonds. The fourth-order valence-corrected chi connectivity index (χ4v) is 1.60. The van der Waals surface area contributed by atoms with Crippen molar-refractivity contribution in [2.24, 2.45) is 0 Å². The van der Waals surface area contributed by atoms with Crippen molar-refractivity contribution in [1.29, 1.82) is 0 Å². The number of nitrogens with one attached hydrogen (secondary N) is 1. The zero-order valence-corrected chi connectivity index (χ0v) is 10.1. The van der Waals surface area contributed by atoms with Gasteiger partial charge in [-0.2, -0.15) is 0 Å². The monoisotopic (exact) mass is 226 g/mol. The Morgan fingerprint density at radius 2 is 2.12 bits per heavy atom. The van der Waals surface area contributed by atoms with Crippen molar-refractivity contribution in [3.05, 3.63) is 11.4 Å². The highest BCUT2D eigenvalue weighted by Gasteiger charge is 2.25. The Morgan fingerprint density at radius 3 is 2.56 bits per heavy atom. The highest BCUT2D eigenvalue weighted by molar-refractivity contribution is 5.75. The maximum Gasteiger partial charge on any atom is 0.241 e. The van der Waals surface area contributed by atoms with Gasteiger partial charge in [-0.15, -0.1) is 5.10 Å². The molecule has 0 aliphatic carbocycles. The van der Waals surface area contributed by atoms with E-state index in [-0.39, 0.29) is 24.5 Å². The molecule has 0 aliphatic rings. The van der Waals surface area contributed by atoms with E-state index >= 15 is 0 Å². The van der Waals surface area contributed by atoms with E-state index in [1.165, 1.54) is 4.68 Å². The van der Waals surface area contributed by atoms with Crippen molar-refractivity contribution in [3.8, 4) is 0 Å². The van der Waals surface area contributed by atoms with Crippen LogP contribution in [0.5, 0.6) is 0 Å². The molecule has 16 heavy (non-hydrogen) atoms. The molecule has 1 heterocycles. The number of carbonyl (C=O) groups excluding carboxylic acids is 1. The maximum absolute atomic E-state index is 11.3. The van der Waals surface area contributed by atoms with Crippen LogP contribution in [0, 0.1) is 0 Å². The summed E-state index contributed by atoms with van der Waals surface area (Å²) in [6.45, 7) is 5.93. The minimum Gasteiger partial charge on any atom is -0.390 e. The normalized spacial score (nSPS) is 11.6. The van der Waals surface area contributed by atoms with Gasteiger partial charge < -0.3 is 10.4 Å². The number of carbonyl (C=O) groups is 1. The lowest BCUT2D eigenvalue weighted by Crippen LogP contribution is -2.28. The molecule has 0 saturated carbocycles. The molecule has 0 fully saturated rings. The Labute approximate surface area is 94.7 Å². The average Bonchev–Trinajstić information content (AvgIpc) is 2.60. The molecule has 0 spiro atoms. The van der Waals surface area contributed by atoms with Crippen molar-refractivity contribution in [2.75, 3.05) is 7.05 Å². The van der Waals surface area contributed by atoms with Crippen LogP contribution in [0.15, 0.2) is 0 Å². The Morgan fingerprint density at radius 1 is 1.50 bits per heavy atom. The highest BCUT2D eigenvalue weighted by atomic mass is 16.3. The molecule has 0 atom stereocenters. The number of amides is 1. The summed E-state index contributed by atoms with van der Waals surface area (Å²) >= 11 is 0. The average molecular weight is 226 g/mol. The Bertz CT molecular complexity index is 379. The Kier molecular flexibility index (Phi) is 3.64. The first kappa shape index (κ1) is 12.6. The molecule has 0 unspecified atom stereocenters. The van der Waals surface area contributed by atoms with Gasteiger partial charge in [0.1, 0.15) is 12.2 Å². The first-order valence-electron chi connectivity index (χ1n) is 5.14. The van der Waals surface area contributed by atoms with E-state index in [9.17, 15) is 9.90 Å². The zero-order chi connectivity index (χ0) is 12.3. The Hall–Kier alpha value is -1.43. The molecule has 0 bridgehead atoms. The third-order valence-corrected chi connectivity index (χ3v) is 2.24. The predicted octanol–water partition coefficient (Wildman–Crippen LogP) is -0.186. The SMILES string of the molecule is CNC(=O)Cn1nnc(CO)c1C(C)(C)C. The zero-order valence-electron chi connectivity index (χ0n) is 10.1. The minimum atomic E-state index is -0.213. The predicted molar refractivity (Wildman–Crippen MR) is 58.7 cm³/mol. The van der Waals surface area contributed by atoms with Crippen molar-refractivity contribution in [3.63, 3.8) is 0 Å². The molecule has 0 aliphatic heterocycles. The molecule has 6 heteroatoms. The van der Waals surface area contributed by atoms with Crippen molar-refractivity contribution in [2.45, 2.75) is 39.3 Å². The van der Waals surface area contributed by atoms with Gasteiger partial charge in [-0.25, -0.2) is 4.68 Å². The van der Waals surface area contributed by atoms with E-state index in [1.54, 1.807) is 7.05 Å². The van der Waals surface area contributed by atoms with Gasteiger partial charge in [0.25, 0.3) is 0 Å². The van der Waals surface area contributed by atoms with E-state index in [4.69, 9.17) is 0 Å². The molecule has 1 aromatic rings. The van der Waals surface area contributed by atoms with Crippen LogP contribution in [0.3, 0.4) is 0 Å². The number of likely N-dealkylation sites (N-methyl/N-ethyl adjacent to an activating group) is 1. The highest BCUT2D eigenvalue weighted by Crippen LogP contribution is 2.24. The van der Waals surface area contributed by atoms with Gasteiger partial charge in [-0.1, -0.05) is 26.0 Å². The number of hydrogen-bond acceptors (Lipinski definition) is 4. The molecule has 0 aromatic carbocycles. The van der Waals surface area contributed by atoms with E-state index in [0.717, 1.165) is 5.69 Å². The quantitative estimate of drug-likeness (QED) is 0.749. The van der Waals surface area contributed by atoms with Gasteiger partial charge in [-0.3, -0.25) is 4.79 Å². The standard InChI is InChI=1S/C10H18N4O2/c1-10(2,3)9-7(6-15)12-13-14(9)5-8(16)11-4/h15H,5-6H2,1-4H3,(H,11,16). The van der Waals surface area contributed by atoms with Crippen LogP contribution in [0.25, 0.3) is 0 Å². The fourth-order valence-electron chi connectivity index (χ4n) is 1.60. The molecular weight excluding hydrogens is 208 g/mol. The first-order chi connectivity index (χ1) is 7.40. The van der Waals surface area contributed by atoms with Crippen molar-refractivity contribution < 1.29 is 9.90 Å². The second-order valence-electron chi connectivity index (χ2n) is 4.62. The summed E-state index contributed by atoms with van der Waals surface area (Å²) in [6, 6.07) is 0. The van der Waals surface area contributed by atoms with Crippen LogP contribution >= 0.6 is 0 Å². The van der Waals surface area contributed by atoms with E-state index in [1.807, 2.05) is 20.8 Å². The van der Waals surface area contributed by atoms with Crippen molar-refractivity contribution >= 4 is 5.91 Å². The second kappa shape index (κ2) is 4.61. The molecule has 1 rings (SSSR count). The first-order valence-corrected chi connectivity index (χ1v) is 5.14. The molecule has 0 radical (unpaired) electrons. The summed E-state index contributed by atoms with van der Waals surface area (Å²) in [6.07, 6.45) is 0. The molecule has 1 aromatic heterocycles. The van der Waals surface area contributed by atoms with E-state index < -0.39 is 0 Å². The smallest absolute Gasteiger partial charge is 0.241 e. The van der Waals surface area contributed by atoms with Crippen LogP contribution in [0.2, 0.25) is 0 Å². The number of nitrogens with zero attached hydrogens (tertiary/aromatic N) is 3. The van der Waals surface area contributed by atoms with Crippen molar-refractivity contribution in [1.82, 2.24) is 20.3 Å². The van der Waals surface area contributed by atoms with Gasteiger partial charge >= 0.3 is 0 Å². The van der Waals surface area contributed by atoms with Crippen LogP contribution in [0.4, 0.5) is 0 Å². The second-order valence-corrected chi connectivity index (χ2v) is 4.62. The van der Waals surface area contributed by atoms with E-state index in [2.05, 4.69) is 15.6 Å². The van der Waals surface area contributed by atoms with Gasteiger partial charge in [0, 0.05) is 12.5 Å². The topological polar surface area (TPSA) is 80.0 Å². The summed E-state index contributed by atoms with van der Waals surface area (Å²) in [5.41, 5.74) is 1.10. The maximum atomic E-state index is 11.3. The van der Waals surface area contributed by atoms with Crippen LogP contribution < -0.4 is 5.32 Å². The van der Waals surface area contributed by atoms with Gasteiger partial charge in [-0.05, 0) is 0 Å². The van der Waals surface area contributed by atoms with E-state index in [0.29, 0.717) is 5.69 Å². The number of aromatic nitrogens is 3. The van der Waals surface area contributed by atoms with Crippen LogP contribution in [-0.4, -0.2) is 33.1 Å². The molecule has 6 nitrogen and oxygen atoms in total. The molecule has 2 N–H and O–H groups in total. The van der Waals surface area contributed by atoms with Gasteiger partial charge in [0.05, 0.1) is 12.3 Å². The number of rotatable bonds is 3. The van der Waals surface area contributed by atoms with Crippen LogP contribution in [0.1, 0.15) is 32.2 Å². The number of aliphatic hydroxyl groups is 1. The summed E-state index contributed by atoms with van der Waals surface area (Å²) in [7, 11) is 1.57. The molecular formula is C10H18N4O2. The third kappa shape index (κ3) is 2.57. The summed E-state index contributed by atoms with van der Waals surface area (Å²) in [4.78, 5) is 11.3. The summed E-state index contributed by atoms with van der Waals surface area (Å²) in [5, 5.41) is 19.5.